The number of carbonyl (C=O) groups excluding carboxylic acids is 1. The topological polar surface area (TPSA) is 44.3 Å². The number of hydrogen-bond acceptors (Lipinski definition) is 3. The summed E-state index contributed by atoms with van der Waals surface area (Å²) < 4.78 is 15.9. The van der Waals surface area contributed by atoms with Crippen LogP contribution in [0.4, 0.5) is 0 Å². The molecule has 0 atom stereocenters. The van der Waals surface area contributed by atoms with Gasteiger partial charge in [0.2, 0.25) is 12.1 Å². The number of ketones is 1. The number of ether oxygens (including phenoxy) is 2. The Balaban J connectivity index is 0.00000216. The molecule has 0 saturated heterocycles. The van der Waals surface area contributed by atoms with E-state index < -0.39 is 0 Å². The van der Waals surface area contributed by atoms with E-state index in [4.69, 9.17) is 9.47 Å². The fraction of sp³-hybridized carbons (Fsp3) is 0.231. The summed E-state index contributed by atoms with van der Waals surface area (Å²) in [5.74, 6) is 2.06. The highest BCUT2D eigenvalue weighted by Gasteiger charge is 2.28. The molecule has 0 saturated carbocycles. The van der Waals surface area contributed by atoms with Crippen LogP contribution in [0.5, 0.6) is 11.5 Å². The van der Waals surface area contributed by atoms with Gasteiger partial charge in [-0.15, -0.1) is 0 Å². The summed E-state index contributed by atoms with van der Waals surface area (Å²) in [6.45, 7) is 2.44. The number of rotatable bonds is 5. The Morgan fingerprint density at radius 3 is 2.41 bits per heavy atom. The predicted molar refractivity (Wildman–Crippen MR) is 117 cm³/mol. The molecule has 2 aliphatic rings. The van der Waals surface area contributed by atoms with E-state index in [2.05, 4.69) is 16.7 Å². The number of fused-ring (bicyclic) bond motifs is 3. The maximum atomic E-state index is 12.9. The molecule has 0 bridgehead atoms. The summed E-state index contributed by atoms with van der Waals surface area (Å²) in [4.78, 5) is 12.9. The number of hydrogen-bond donors (Lipinski definition) is 0. The van der Waals surface area contributed by atoms with Gasteiger partial charge in [0.25, 0.3) is 0 Å². The third-order valence-electron chi connectivity index (χ3n) is 6.20. The van der Waals surface area contributed by atoms with Crippen molar-refractivity contribution in [3.63, 3.8) is 0 Å². The molecule has 162 valence electrons. The molecule has 1 aromatic heterocycles. The minimum Gasteiger partial charge on any atom is -1.00 e. The average molecular weight is 491 g/mol. The lowest BCUT2D eigenvalue weighted by Crippen LogP contribution is -3.00. The molecule has 0 N–H and O–H groups in total. The fourth-order valence-corrected chi connectivity index (χ4v) is 4.66. The second kappa shape index (κ2) is 8.43. The Bertz CT molecular complexity index is 1300. The molecule has 0 radical (unpaired) electrons. The van der Waals surface area contributed by atoms with Gasteiger partial charge in [-0.25, -0.2) is 9.13 Å². The second-order valence-electron chi connectivity index (χ2n) is 8.27. The van der Waals surface area contributed by atoms with E-state index in [1.807, 2.05) is 59.7 Å². The second-order valence-corrected chi connectivity index (χ2v) is 8.27. The lowest BCUT2D eigenvalue weighted by Gasteiger charge is -2.11. The summed E-state index contributed by atoms with van der Waals surface area (Å²) in [5, 5.41) is 2.23. The van der Waals surface area contributed by atoms with Gasteiger partial charge in [0.15, 0.2) is 6.54 Å². The van der Waals surface area contributed by atoms with E-state index >= 15 is 0 Å². The molecular formula is C26H23BrN2O3. The highest BCUT2D eigenvalue weighted by Crippen LogP contribution is 2.41. The molecule has 0 fully saturated rings. The zero-order valence-electron chi connectivity index (χ0n) is 17.6. The van der Waals surface area contributed by atoms with Gasteiger partial charge in [0.05, 0.1) is 18.8 Å². The third-order valence-corrected chi connectivity index (χ3v) is 6.20. The van der Waals surface area contributed by atoms with Crippen molar-refractivity contribution >= 4 is 16.6 Å². The quantitative estimate of drug-likeness (QED) is 0.306. The molecular weight excluding hydrogens is 468 g/mol. The van der Waals surface area contributed by atoms with Gasteiger partial charge in [0.1, 0.15) is 30.4 Å². The number of Topliss-reactive ketones (excluding diaryl/α,β-unsaturated/α-hetero) is 1. The van der Waals surface area contributed by atoms with Crippen molar-refractivity contribution in [1.29, 1.82) is 0 Å². The molecule has 4 aromatic rings. The van der Waals surface area contributed by atoms with Gasteiger partial charge in [-0.1, -0.05) is 36.4 Å². The molecule has 0 spiro atoms. The average Bonchev–Trinajstić information content (AvgIpc) is 3.54. The zero-order valence-corrected chi connectivity index (χ0v) is 19.2. The zero-order chi connectivity index (χ0) is 20.8. The first kappa shape index (κ1) is 20.8. The monoisotopic (exact) mass is 490 g/mol. The van der Waals surface area contributed by atoms with Gasteiger partial charge in [-0.05, 0) is 34.0 Å². The molecule has 0 aliphatic carbocycles. The minimum absolute atomic E-state index is 0. The first-order valence-corrected chi connectivity index (χ1v) is 10.7. The summed E-state index contributed by atoms with van der Waals surface area (Å²) in [7, 11) is 0. The molecule has 5 nitrogen and oxygen atoms in total. The van der Waals surface area contributed by atoms with Gasteiger partial charge in [0, 0.05) is 18.4 Å². The maximum Gasteiger partial charge on any atom is 0.244 e. The lowest BCUT2D eigenvalue weighted by atomic mass is 10.0. The predicted octanol–water partition coefficient (Wildman–Crippen LogP) is 0.734. The van der Waals surface area contributed by atoms with Crippen LogP contribution in [-0.4, -0.2) is 23.6 Å². The largest absolute Gasteiger partial charge is 1.00 e. The van der Waals surface area contributed by atoms with Gasteiger partial charge >= 0.3 is 0 Å². The molecule has 0 amide bonds. The molecule has 3 aromatic carbocycles. The van der Waals surface area contributed by atoms with Crippen LogP contribution < -0.4 is 31.0 Å². The van der Waals surface area contributed by atoms with Crippen molar-refractivity contribution in [2.45, 2.75) is 25.9 Å². The molecule has 3 heterocycles. The van der Waals surface area contributed by atoms with Crippen molar-refractivity contribution in [1.82, 2.24) is 4.57 Å². The summed E-state index contributed by atoms with van der Waals surface area (Å²) >= 11 is 0. The van der Waals surface area contributed by atoms with E-state index in [0.717, 1.165) is 59.5 Å². The van der Waals surface area contributed by atoms with Crippen LogP contribution in [0.1, 0.15) is 27.0 Å². The number of carbonyl (C=O) groups is 1. The van der Waals surface area contributed by atoms with E-state index in [1.54, 1.807) is 0 Å². The standard InChI is InChI=1S/C26H23N2O3.BrH/c29-24(20-6-5-18-3-1-2-4-19(18)13-20)16-28-10-9-27(17-28)15-23-25-21(7-11-30-25)14-22-8-12-31-26(22)23;/h1-6,9-10,13-14,17H,7-8,11-12,15-16H2;1H/q+1;/p-1. The van der Waals surface area contributed by atoms with E-state index in [9.17, 15) is 4.79 Å². The number of halogens is 1. The highest BCUT2D eigenvalue weighted by atomic mass is 79.9. The maximum absolute atomic E-state index is 12.9. The Hall–Kier alpha value is -3.12. The number of imidazole rings is 1. The van der Waals surface area contributed by atoms with Crippen LogP contribution >= 0.6 is 0 Å². The summed E-state index contributed by atoms with van der Waals surface area (Å²) in [5.41, 5.74) is 4.42. The fourth-order valence-electron chi connectivity index (χ4n) is 4.66. The number of benzene rings is 3. The Labute approximate surface area is 197 Å². The number of nitrogens with zero attached hydrogens (tertiary/aromatic N) is 2. The Morgan fingerprint density at radius 2 is 1.66 bits per heavy atom. The SMILES string of the molecule is O=C(Cn1cc[n+](Cc2c3c(cc4c2OCC4)CCO3)c1)c1ccc2ccccc2c1.[Br-]. The molecule has 6 rings (SSSR count). The first-order valence-electron chi connectivity index (χ1n) is 10.7. The first-order chi connectivity index (χ1) is 15.2. The van der Waals surface area contributed by atoms with Gasteiger partial charge in [-0.3, -0.25) is 4.79 Å². The van der Waals surface area contributed by atoms with E-state index in [1.165, 1.54) is 11.1 Å². The van der Waals surface area contributed by atoms with Crippen molar-refractivity contribution in [2.24, 2.45) is 0 Å². The molecule has 32 heavy (non-hydrogen) atoms. The van der Waals surface area contributed by atoms with Crippen LogP contribution in [0.15, 0.2) is 67.3 Å². The lowest BCUT2D eigenvalue weighted by molar-refractivity contribution is -0.687. The van der Waals surface area contributed by atoms with Crippen molar-refractivity contribution in [3.05, 3.63) is 89.5 Å². The number of aromatic nitrogens is 2. The smallest absolute Gasteiger partial charge is 0.244 e. The van der Waals surface area contributed by atoms with Crippen LogP contribution in [0.3, 0.4) is 0 Å². The van der Waals surface area contributed by atoms with E-state index in [0.29, 0.717) is 13.1 Å². The van der Waals surface area contributed by atoms with Gasteiger partial charge in [-0.2, -0.15) is 0 Å². The van der Waals surface area contributed by atoms with Crippen LogP contribution in [0.2, 0.25) is 0 Å². The van der Waals surface area contributed by atoms with Crippen LogP contribution in [0, 0.1) is 0 Å². The molecule has 0 unspecified atom stereocenters. The van der Waals surface area contributed by atoms with Crippen LogP contribution in [-0.2, 0) is 25.9 Å². The van der Waals surface area contributed by atoms with Crippen LogP contribution in [0.25, 0.3) is 10.8 Å². The Kier molecular flexibility index (Phi) is 5.47. The Morgan fingerprint density at radius 1 is 0.938 bits per heavy atom. The third kappa shape index (κ3) is 3.69. The highest BCUT2D eigenvalue weighted by molar-refractivity contribution is 5.99. The molecule has 2 aliphatic heterocycles. The normalized spacial score (nSPS) is 13.8. The van der Waals surface area contributed by atoms with Crippen molar-refractivity contribution in [3.8, 4) is 11.5 Å². The molecule has 6 heteroatoms. The van der Waals surface area contributed by atoms with Crippen molar-refractivity contribution < 1.29 is 35.8 Å². The summed E-state index contributed by atoms with van der Waals surface area (Å²) in [6, 6.07) is 16.2. The minimum atomic E-state index is 0. The summed E-state index contributed by atoms with van der Waals surface area (Å²) in [6.07, 6.45) is 7.85. The van der Waals surface area contributed by atoms with Gasteiger partial charge < -0.3 is 26.5 Å². The van der Waals surface area contributed by atoms with Crippen molar-refractivity contribution in [2.75, 3.05) is 13.2 Å². The van der Waals surface area contributed by atoms with E-state index in [-0.39, 0.29) is 22.8 Å².